The maximum absolute atomic E-state index is 12.4. The van der Waals surface area contributed by atoms with E-state index in [1.807, 2.05) is 0 Å². The number of rotatable bonds is 4. The Labute approximate surface area is 129 Å². The summed E-state index contributed by atoms with van der Waals surface area (Å²) in [6, 6.07) is 4.19. The molecule has 1 heterocycles. The van der Waals surface area contributed by atoms with Gasteiger partial charge in [0.05, 0.1) is 16.5 Å². The SMILES string of the molecule is NCc1ccc(Cl)c(S(=O)(=O)NC2CCS(=O)(=O)CC2)c1. The van der Waals surface area contributed by atoms with E-state index < -0.39 is 25.9 Å². The molecule has 1 saturated heterocycles. The van der Waals surface area contributed by atoms with Crippen molar-refractivity contribution in [2.24, 2.45) is 5.73 Å². The number of benzene rings is 1. The van der Waals surface area contributed by atoms with Crippen molar-refractivity contribution in [2.45, 2.75) is 30.3 Å². The number of sulfone groups is 1. The van der Waals surface area contributed by atoms with Crippen LogP contribution in [-0.4, -0.2) is 34.4 Å². The van der Waals surface area contributed by atoms with Crippen LogP contribution >= 0.6 is 11.6 Å². The van der Waals surface area contributed by atoms with Gasteiger partial charge in [-0.1, -0.05) is 17.7 Å². The summed E-state index contributed by atoms with van der Waals surface area (Å²) < 4.78 is 50.0. The zero-order chi connectivity index (χ0) is 15.7. The van der Waals surface area contributed by atoms with E-state index in [4.69, 9.17) is 17.3 Å². The zero-order valence-electron chi connectivity index (χ0n) is 11.2. The predicted octanol–water partition coefficient (Wildman–Crippen LogP) is 0.654. The quantitative estimate of drug-likeness (QED) is 0.827. The maximum Gasteiger partial charge on any atom is 0.242 e. The lowest BCUT2D eigenvalue weighted by Crippen LogP contribution is -2.40. The van der Waals surface area contributed by atoms with Gasteiger partial charge in [-0.15, -0.1) is 0 Å². The summed E-state index contributed by atoms with van der Waals surface area (Å²) in [5.41, 5.74) is 6.16. The van der Waals surface area contributed by atoms with Crippen molar-refractivity contribution in [1.82, 2.24) is 4.72 Å². The molecule has 0 aromatic heterocycles. The smallest absolute Gasteiger partial charge is 0.242 e. The van der Waals surface area contributed by atoms with E-state index in [2.05, 4.69) is 4.72 Å². The standard InChI is InChI=1S/C12H17ClN2O4S2/c13-11-2-1-9(8-14)7-12(11)21(18,19)15-10-3-5-20(16,17)6-4-10/h1-2,7,10,15H,3-6,8,14H2. The van der Waals surface area contributed by atoms with E-state index >= 15 is 0 Å². The Kier molecular flexibility index (Phi) is 4.94. The van der Waals surface area contributed by atoms with Crippen molar-refractivity contribution in [3.63, 3.8) is 0 Å². The summed E-state index contributed by atoms with van der Waals surface area (Å²) >= 11 is 5.94. The third kappa shape index (κ3) is 4.17. The van der Waals surface area contributed by atoms with Crippen LogP contribution in [0.15, 0.2) is 23.1 Å². The number of hydrogen-bond acceptors (Lipinski definition) is 5. The lowest BCUT2D eigenvalue weighted by atomic mass is 10.2. The van der Waals surface area contributed by atoms with Crippen LogP contribution in [0, 0.1) is 0 Å². The van der Waals surface area contributed by atoms with Crippen molar-refractivity contribution < 1.29 is 16.8 Å². The van der Waals surface area contributed by atoms with Gasteiger partial charge in [-0.3, -0.25) is 0 Å². The van der Waals surface area contributed by atoms with Crippen LogP contribution in [0.25, 0.3) is 0 Å². The van der Waals surface area contributed by atoms with Crippen molar-refractivity contribution in [3.8, 4) is 0 Å². The Balaban J connectivity index is 2.19. The van der Waals surface area contributed by atoms with E-state index in [-0.39, 0.29) is 40.8 Å². The molecule has 1 aliphatic heterocycles. The molecule has 118 valence electrons. The van der Waals surface area contributed by atoms with Crippen LogP contribution in [0.1, 0.15) is 18.4 Å². The fourth-order valence-electron chi connectivity index (χ4n) is 2.17. The zero-order valence-corrected chi connectivity index (χ0v) is 13.6. The second-order valence-corrected chi connectivity index (χ2v) is 9.41. The predicted molar refractivity (Wildman–Crippen MR) is 81.3 cm³/mol. The summed E-state index contributed by atoms with van der Waals surface area (Å²) in [4.78, 5) is -0.0273. The molecular weight excluding hydrogens is 336 g/mol. The largest absolute Gasteiger partial charge is 0.326 e. The van der Waals surface area contributed by atoms with Crippen LogP contribution in [0.3, 0.4) is 0 Å². The van der Waals surface area contributed by atoms with Gasteiger partial charge in [0, 0.05) is 12.6 Å². The molecule has 0 aliphatic carbocycles. The fraction of sp³-hybridized carbons (Fsp3) is 0.500. The normalized spacial score (nSPS) is 19.5. The monoisotopic (exact) mass is 352 g/mol. The molecule has 0 unspecified atom stereocenters. The minimum absolute atomic E-state index is 0.00322. The second-order valence-electron chi connectivity index (χ2n) is 5.02. The first-order valence-electron chi connectivity index (χ1n) is 6.45. The minimum atomic E-state index is -3.79. The maximum atomic E-state index is 12.4. The Bertz CT molecular complexity index is 718. The summed E-state index contributed by atoms with van der Waals surface area (Å²) in [7, 11) is -6.82. The van der Waals surface area contributed by atoms with E-state index in [1.54, 1.807) is 6.07 Å². The summed E-state index contributed by atoms with van der Waals surface area (Å²) in [5.74, 6) is -0.00643. The van der Waals surface area contributed by atoms with E-state index in [0.717, 1.165) is 0 Å². The van der Waals surface area contributed by atoms with Gasteiger partial charge in [0.15, 0.2) is 0 Å². The van der Waals surface area contributed by atoms with Crippen LogP contribution in [0.5, 0.6) is 0 Å². The van der Waals surface area contributed by atoms with Gasteiger partial charge >= 0.3 is 0 Å². The van der Waals surface area contributed by atoms with E-state index in [1.165, 1.54) is 12.1 Å². The molecule has 0 radical (unpaired) electrons. The Morgan fingerprint density at radius 2 is 1.90 bits per heavy atom. The van der Waals surface area contributed by atoms with E-state index in [9.17, 15) is 16.8 Å². The highest BCUT2D eigenvalue weighted by Gasteiger charge is 2.28. The van der Waals surface area contributed by atoms with Crippen LogP contribution in [-0.2, 0) is 26.4 Å². The average Bonchev–Trinajstić information content (AvgIpc) is 2.41. The number of nitrogens with one attached hydrogen (secondary N) is 1. The van der Waals surface area contributed by atoms with Gasteiger partial charge in [-0.25, -0.2) is 21.6 Å². The number of nitrogens with two attached hydrogens (primary N) is 1. The Morgan fingerprint density at radius 3 is 2.48 bits per heavy atom. The topological polar surface area (TPSA) is 106 Å². The number of halogens is 1. The van der Waals surface area contributed by atoms with Gasteiger partial charge in [-0.2, -0.15) is 0 Å². The second kappa shape index (κ2) is 6.21. The van der Waals surface area contributed by atoms with Gasteiger partial charge in [0.25, 0.3) is 0 Å². The van der Waals surface area contributed by atoms with Crippen molar-refractivity contribution in [2.75, 3.05) is 11.5 Å². The first-order chi connectivity index (χ1) is 9.73. The lowest BCUT2D eigenvalue weighted by Gasteiger charge is -2.23. The summed E-state index contributed by atoms with van der Waals surface area (Å²) in [6.45, 7) is 0.210. The van der Waals surface area contributed by atoms with Crippen molar-refractivity contribution in [1.29, 1.82) is 0 Å². The highest BCUT2D eigenvalue weighted by atomic mass is 35.5. The molecule has 0 amide bonds. The molecule has 9 heteroatoms. The first kappa shape index (κ1) is 16.7. The molecule has 1 aliphatic rings. The van der Waals surface area contributed by atoms with Gasteiger partial charge in [0.1, 0.15) is 14.7 Å². The number of sulfonamides is 1. The third-order valence-corrected chi connectivity index (χ3v) is 7.11. The molecule has 1 aromatic carbocycles. The highest BCUT2D eigenvalue weighted by Crippen LogP contribution is 2.24. The average molecular weight is 353 g/mol. The highest BCUT2D eigenvalue weighted by molar-refractivity contribution is 7.91. The van der Waals surface area contributed by atoms with Crippen molar-refractivity contribution >= 4 is 31.5 Å². The molecule has 0 atom stereocenters. The molecule has 3 N–H and O–H groups in total. The van der Waals surface area contributed by atoms with Crippen LogP contribution < -0.4 is 10.5 Å². The Morgan fingerprint density at radius 1 is 1.29 bits per heavy atom. The number of hydrogen-bond donors (Lipinski definition) is 2. The van der Waals surface area contributed by atoms with Crippen molar-refractivity contribution in [3.05, 3.63) is 28.8 Å². The van der Waals surface area contributed by atoms with Gasteiger partial charge < -0.3 is 5.73 Å². The lowest BCUT2D eigenvalue weighted by molar-refractivity contribution is 0.505. The molecule has 0 spiro atoms. The molecule has 0 saturated carbocycles. The Hall–Kier alpha value is -0.670. The molecular formula is C12H17ClN2O4S2. The molecule has 6 nitrogen and oxygen atoms in total. The van der Waals surface area contributed by atoms with Gasteiger partial charge in [-0.05, 0) is 30.5 Å². The minimum Gasteiger partial charge on any atom is -0.326 e. The fourth-order valence-corrected chi connectivity index (χ4v) is 5.52. The molecule has 21 heavy (non-hydrogen) atoms. The third-order valence-electron chi connectivity index (χ3n) is 3.40. The van der Waals surface area contributed by atoms with Crippen LogP contribution in [0.4, 0.5) is 0 Å². The van der Waals surface area contributed by atoms with Crippen LogP contribution in [0.2, 0.25) is 5.02 Å². The molecule has 1 fully saturated rings. The van der Waals surface area contributed by atoms with Gasteiger partial charge in [0.2, 0.25) is 10.0 Å². The molecule has 1 aromatic rings. The van der Waals surface area contributed by atoms with E-state index in [0.29, 0.717) is 5.56 Å². The summed E-state index contributed by atoms with van der Waals surface area (Å²) in [6.07, 6.45) is 0.547. The summed E-state index contributed by atoms with van der Waals surface area (Å²) in [5, 5.41) is 0.114. The molecule has 0 bridgehead atoms. The first-order valence-corrected chi connectivity index (χ1v) is 10.1. The molecule has 2 rings (SSSR count).